The fourth-order valence-corrected chi connectivity index (χ4v) is 2.89. The van der Waals surface area contributed by atoms with Crippen LogP contribution in [0, 0.1) is 0 Å². The molecule has 2 nitrogen and oxygen atoms in total. The summed E-state index contributed by atoms with van der Waals surface area (Å²) in [7, 11) is 0. The monoisotopic (exact) mass is 300 g/mol. The van der Waals surface area contributed by atoms with Gasteiger partial charge in [0, 0.05) is 12.5 Å². The smallest absolute Gasteiger partial charge is 0.192 e. The maximum Gasteiger partial charge on any atom is 0.192 e. The standard InChI is InChI=1S/C20H28O2/c1-2-3-4-5-6-7-8-9-10-13-17-16-19(21)18-14-11-12-15-20(18)22-17/h11-12,14-16H,2-10,13H2,1H3. The quantitative estimate of drug-likeness (QED) is 0.514. The van der Waals surface area contributed by atoms with E-state index in [-0.39, 0.29) is 5.43 Å². The van der Waals surface area contributed by atoms with E-state index in [0.29, 0.717) is 11.0 Å². The van der Waals surface area contributed by atoms with Gasteiger partial charge in [-0.2, -0.15) is 0 Å². The van der Waals surface area contributed by atoms with Crippen LogP contribution in [0.5, 0.6) is 0 Å². The Labute approximate surface area is 133 Å². The Balaban J connectivity index is 1.68. The van der Waals surface area contributed by atoms with Gasteiger partial charge in [0.05, 0.1) is 5.39 Å². The average Bonchev–Trinajstić information content (AvgIpc) is 2.53. The SMILES string of the molecule is CCCCCCCCCCCc1cc(=O)c2ccccc2o1. The minimum Gasteiger partial charge on any atom is -0.461 e. The summed E-state index contributed by atoms with van der Waals surface area (Å²) in [4.78, 5) is 12.0. The third kappa shape index (κ3) is 5.32. The second-order valence-electron chi connectivity index (χ2n) is 6.15. The first-order chi connectivity index (χ1) is 10.8. The van der Waals surface area contributed by atoms with Crippen molar-refractivity contribution in [1.82, 2.24) is 0 Å². The Morgan fingerprint density at radius 2 is 1.50 bits per heavy atom. The predicted molar refractivity (Wildman–Crippen MR) is 93.4 cm³/mol. The molecule has 0 bridgehead atoms. The number of para-hydroxylation sites is 1. The molecule has 0 N–H and O–H groups in total. The van der Waals surface area contributed by atoms with Crippen molar-refractivity contribution in [1.29, 1.82) is 0 Å². The van der Waals surface area contributed by atoms with Crippen LogP contribution in [-0.4, -0.2) is 0 Å². The Bertz CT molecular complexity index is 612. The largest absolute Gasteiger partial charge is 0.461 e. The maximum absolute atomic E-state index is 12.0. The van der Waals surface area contributed by atoms with E-state index in [0.717, 1.165) is 18.6 Å². The second kappa shape index (κ2) is 9.45. The van der Waals surface area contributed by atoms with E-state index in [1.165, 1.54) is 51.4 Å². The summed E-state index contributed by atoms with van der Waals surface area (Å²) in [6.07, 6.45) is 12.7. The van der Waals surface area contributed by atoms with Gasteiger partial charge in [-0.05, 0) is 18.6 Å². The van der Waals surface area contributed by atoms with Gasteiger partial charge in [0.1, 0.15) is 11.3 Å². The zero-order valence-corrected chi connectivity index (χ0v) is 13.8. The molecule has 0 aliphatic rings. The lowest BCUT2D eigenvalue weighted by atomic mass is 10.1. The van der Waals surface area contributed by atoms with Gasteiger partial charge in [0.25, 0.3) is 0 Å². The van der Waals surface area contributed by atoms with Gasteiger partial charge in [-0.3, -0.25) is 4.79 Å². The fraction of sp³-hybridized carbons (Fsp3) is 0.550. The first-order valence-electron chi connectivity index (χ1n) is 8.83. The molecule has 1 aromatic carbocycles. The molecule has 0 aliphatic carbocycles. The van der Waals surface area contributed by atoms with E-state index in [9.17, 15) is 4.79 Å². The minimum absolute atomic E-state index is 0.0766. The van der Waals surface area contributed by atoms with Gasteiger partial charge >= 0.3 is 0 Å². The molecule has 2 rings (SSSR count). The Morgan fingerprint density at radius 1 is 0.864 bits per heavy atom. The van der Waals surface area contributed by atoms with Crippen molar-refractivity contribution in [3.8, 4) is 0 Å². The number of hydrogen-bond acceptors (Lipinski definition) is 2. The van der Waals surface area contributed by atoms with Crippen molar-refractivity contribution in [3.05, 3.63) is 46.3 Å². The summed E-state index contributed by atoms with van der Waals surface area (Å²) in [6, 6.07) is 9.14. The number of fused-ring (bicyclic) bond motifs is 1. The lowest BCUT2D eigenvalue weighted by Crippen LogP contribution is -2.02. The van der Waals surface area contributed by atoms with Crippen LogP contribution in [0.2, 0.25) is 0 Å². The molecule has 0 spiro atoms. The average molecular weight is 300 g/mol. The van der Waals surface area contributed by atoms with Gasteiger partial charge in [0.2, 0.25) is 0 Å². The van der Waals surface area contributed by atoms with Crippen LogP contribution in [0.15, 0.2) is 39.5 Å². The molecule has 22 heavy (non-hydrogen) atoms. The van der Waals surface area contributed by atoms with E-state index in [2.05, 4.69) is 6.92 Å². The van der Waals surface area contributed by atoms with Crippen LogP contribution < -0.4 is 5.43 Å². The summed E-state index contributed by atoms with van der Waals surface area (Å²) in [6.45, 7) is 2.26. The van der Waals surface area contributed by atoms with Gasteiger partial charge in [-0.1, -0.05) is 70.4 Å². The van der Waals surface area contributed by atoms with E-state index >= 15 is 0 Å². The third-order valence-corrected chi connectivity index (χ3v) is 4.21. The van der Waals surface area contributed by atoms with Gasteiger partial charge in [-0.15, -0.1) is 0 Å². The lowest BCUT2D eigenvalue weighted by Gasteiger charge is -2.04. The van der Waals surface area contributed by atoms with Gasteiger partial charge < -0.3 is 4.42 Å². The Kier molecular flexibility index (Phi) is 7.21. The topological polar surface area (TPSA) is 30.2 Å². The van der Waals surface area contributed by atoms with E-state index in [1.807, 2.05) is 24.3 Å². The third-order valence-electron chi connectivity index (χ3n) is 4.21. The molecule has 2 heteroatoms. The molecule has 2 aromatic rings. The summed E-state index contributed by atoms with van der Waals surface area (Å²) in [5, 5.41) is 0.679. The molecule has 0 radical (unpaired) electrons. The maximum atomic E-state index is 12.0. The first-order valence-corrected chi connectivity index (χ1v) is 8.83. The van der Waals surface area contributed by atoms with E-state index in [1.54, 1.807) is 6.07 Å². The molecule has 0 unspecified atom stereocenters. The highest BCUT2D eigenvalue weighted by Crippen LogP contribution is 2.15. The summed E-state index contributed by atoms with van der Waals surface area (Å²) in [5.74, 6) is 0.826. The van der Waals surface area contributed by atoms with Crippen molar-refractivity contribution in [2.24, 2.45) is 0 Å². The molecule has 120 valence electrons. The van der Waals surface area contributed by atoms with Crippen molar-refractivity contribution in [3.63, 3.8) is 0 Å². The molecule has 0 saturated carbocycles. The summed E-state index contributed by atoms with van der Waals surface area (Å²) in [5.41, 5.74) is 0.786. The lowest BCUT2D eigenvalue weighted by molar-refractivity contribution is 0.508. The molecule has 1 aromatic heterocycles. The van der Waals surface area contributed by atoms with E-state index in [4.69, 9.17) is 4.42 Å². The van der Waals surface area contributed by atoms with Crippen molar-refractivity contribution >= 4 is 11.0 Å². The molecule has 0 fully saturated rings. The number of unbranched alkanes of at least 4 members (excludes halogenated alkanes) is 8. The van der Waals surface area contributed by atoms with E-state index < -0.39 is 0 Å². The molecule has 0 saturated heterocycles. The molecule has 0 aliphatic heterocycles. The molecule has 0 amide bonds. The van der Waals surface area contributed by atoms with Crippen molar-refractivity contribution in [2.45, 2.75) is 71.1 Å². The highest BCUT2D eigenvalue weighted by Gasteiger charge is 2.03. The van der Waals surface area contributed by atoms with Crippen LogP contribution in [0.1, 0.15) is 70.5 Å². The first kappa shape index (κ1) is 16.8. The predicted octanol–water partition coefficient (Wildman–Crippen LogP) is 5.87. The van der Waals surface area contributed by atoms with Crippen LogP contribution in [-0.2, 0) is 6.42 Å². The highest BCUT2D eigenvalue weighted by atomic mass is 16.3. The molecular weight excluding hydrogens is 272 g/mol. The normalized spacial score (nSPS) is 11.1. The van der Waals surface area contributed by atoms with Crippen LogP contribution in [0.25, 0.3) is 11.0 Å². The van der Waals surface area contributed by atoms with Crippen molar-refractivity contribution in [2.75, 3.05) is 0 Å². The van der Waals surface area contributed by atoms with Crippen molar-refractivity contribution < 1.29 is 4.42 Å². The van der Waals surface area contributed by atoms with Gasteiger partial charge in [-0.25, -0.2) is 0 Å². The Hall–Kier alpha value is -1.57. The summed E-state index contributed by atoms with van der Waals surface area (Å²) >= 11 is 0. The second-order valence-corrected chi connectivity index (χ2v) is 6.15. The highest BCUT2D eigenvalue weighted by molar-refractivity contribution is 5.76. The molecule has 1 heterocycles. The van der Waals surface area contributed by atoms with Crippen LogP contribution in [0.3, 0.4) is 0 Å². The van der Waals surface area contributed by atoms with Crippen LogP contribution >= 0.6 is 0 Å². The minimum atomic E-state index is 0.0766. The number of benzene rings is 1. The van der Waals surface area contributed by atoms with Gasteiger partial charge in [0.15, 0.2) is 5.43 Å². The summed E-state index contributed by atoms with van der Waals surface area (Å²) < 4.78 is 5.81. The molecular formula is C20H28O2. The Morgan fingerprint density at radius 3 is 2.23 bits per heavy atom. The number of rotatable bonds is 10. The fourth-order valence-electron chi connectivity index (χ4n) is 2.89. The number of aryl methyl sites for hydroxylation is 1. The zero-order chi connectivity index (χ0) is 15.6. The zero-order valence-electron chi connectivity index (χ0n) is 13.8. The van der Waals surface area contributed by atoms with Crippen LogP contribution in [0.4, 0.5) is 0 Å². The molecule has 0 atom stereocenters. The number of hydrogen-bond donors (Lipinski definition) is 0.